The van der Waals surface area contributed by atoms with Crippen LogP contribution in [0.1, 0.15) is 11.5 Å². The molecule has 1 radical (unpaired) electrons. The summed E-state index contributed by atoms with van der Waals surface area (Å²) in [5.74, 6) is 1.30. The Labute approximate surface area is 181 Å². The van der Waals surface area contributed by atoms with Crippen molar-refractivity contribution in [1.82, 2.24) is 19.7 Å². The summed E-state index contributed by atoms with van der Waals surface area (Å²) in [6.45, 7) is 3.92. The van der Waals surface area contributed by atoms with E-state index in [1.165, 1.54) is 0 Å². The fourth-order valence-corrected chi connectivity index (χ4v) is 3.54. The minimum absolute atomic E-state index is 0. The Kier molecular flexibility index (Phi) is 5.14. The largest absolute Gasteiger partial charge is 0.461 e. The molecular formula is C23H17IrN4O-. The second-order valence-electron chi connectivity index (χ2n) is 6.63. The predicted molar refractivity (Wildman–Crippen MR) is 108 cm³/mol. The standard InChI is InChI=1S/C23H17N4O.Ir/c1-15-8-6-11-18(17-9-4-3-5-10-17)22(15)27-23(24-14-25-27)19-12-7-13-20-21(19)26-16(2)28-20;/h3-11,13-14H,1-2H3;/q-1;. The molecule has 0 aliphatic carbocycles. The molecule has 2 aromatic heterocycles. The van der Waals surface area contributed by atoms with Crippen LogP contribution in [0.3, 0.4) is 0 Å². The van der Waals surface area contributed by atoms with Crippen LogP contribution in [0.25, 0.3) is 39.3 Å². The Balaban J connectivity index is 0.00000205. The molecule has 29 heavy (non-hydrogen) atoms. The van der Waals surface area contributed by atoms with E-state index >= 15 is 0 Å². The summed E-state index contributed by atoms with van der Waals surface area (Å²) in [7, 11) is 0. The number of aromatic nitrogens is 4. The first-order valence-electron chi connectivity index (χ1n) is 9.06. The first-order valence-corrected chi connectivity index (χ1v) is 9.06. The summed E-state index contributed by atoms with van der Waals surface area (Å²) in [6, 6.07) is 23.5. The van der Waals surface area contributed by atoms with Crippen molar-refractivity contribution in [1.29, 1.82) is 0 Å². The molecule has 0 unspecified atom stereocenters. The summed E-state index contributed by atoms with van der Waals surface area (Å²) in [5, 5.41) is 4.55. The van der Waals surface area contributed by atoms with Gasteiger partial charge in [0.1, 0.15) is 6.33 Å². The molecule has 0 bridgehead atoms. The van der Waals surface area contributed by atoms with Crippen LogP contribution in [0.4, 0.5) is 0 Å². The molecule has 0 saturated heterocycles. The molecule has 0 fully saturated rings. The van der Waals surface area contributed by atoms with Crippen LogP contribution in [-0.4, -0.2) is 19.7 Å². The summed E-state index contributed by atoms with van der Waals surface area (Å²) >= 11 is 0. The SMILES string of the molecule is Cc1nc2c(-c3ncnn3-c3c(C)cccc3-c3ccccc3)[c-]ccc2o1.[Ir]. The predicted octanol–water partition coefficient (Wildman–Crippen LogP) is 5.16. The van der Waals surface area contributed by atoms with E-state index in [1.54, 1.807) is 6.33 Å². The first-order chi connectivity index (χ1) is 13.7. The Morgan fingerprint density at radius 3 is 2.62 bits per heavy atom. The van der Waals surface area contributed by atoms with Crippen molar-refractivity contribution < 1.29 is 24.5 Å². The molecule has 0 N–H and O–H groups in total. The van der Waals surface area contributed by atoms with E-state index in [-0.39, 0.29) is 20.1 Å². The van der Waals surface area contributed by atoms with Crippen LogP contribution in [0.5, 0.6) is 0 Å². The van der Waals surface area contributed by atoms with Crippen molar-refractivity contribution in [3.05, 3.63) is 84.5 Å². The molecule has 0 amide bonds. The van der Waals surface area contributed by atoms with Gasteiger partial charge in [-0.25, -0.2) is 0 Å². The number of aryl methyl sites for hydroxylation is 2. The maximum absolute atomic E-state index is 5.68. The number of fused-ring (bicyclic) bond motifs is 1. The van der Waals surface area contributed by atoms with Crippen LogP contribution < -0.4 is 0 Å². The Bertz CT molecular complexity index is 1290. The van der Waals surface area contributed by atoms with Crippen LogP contribution >= 0.6 is 0 Å². The van der Waals surface area contributed by atoms with Gasteiger partial charge in [-0.15, -0.1) is 12.1 Å². The zero-order chi connectivity index (χ0) is 19.1. The zero-order valence-electron chi connectivity index (χ0n) is 15.9. The van der Waals surface area contributed by atoms with E-state index in [1.807, 2.05) is 41.9 Å². The second-order valence-corrected chi connectivity index (χ2v) is 6.63. The molecule has 5 rings (SSSR count). The summed E-state index contributed by atoms with van der Waals surface area (Å²) < 4.78 is 7.55. The molecule has 0 spiro atoms. The molecule has 0 aliphatic heterocycles. The van der Waals surface area contributed by atoms with Gasteiger partial charge < -0.3 is 4.42 Å². The van der Waals surface area contributed by atoms with E-state index in [4.69, 9.17) is 4.42 Å². The number of rotatable bonds is 3. The normalized spacial score (nSPS) is 10.8. The Hall–Kier alpha value is -3.08. The number of hydrogen-bond donors (Lipinski definition) is 0. The monoisotopic (exact) mass is 558 g/mol. The minimum Gasteiger partial charge on any atom is -0.461 e. The van der Waals surface area contributed by atoms with Crippen molar-refractivity contribution in [3.63, 3.8) is 0 Å². The molecule has 0 atom stereocenters. The van der Waals surface area contributed by atoms with Crippen molar-refractivity contribution >= 4 is 11.1 Å². The molecule has 145 valence electrons. The van der Waals surface area contributed by atoms with Crippen molar-refractivity contribution in [2.75, 3.05) is 0 Å². The molecule has 0 saturated carbocycles. The van der Waals surface area contributed by atoms with Gasteiger partial charge in [0, 0.05) is 38.1 Å². The fourth-order valence-electron chi connectivity index (χ4n) is 3.54. The maximum Gasteiger partial charge on any atom is 0.180 e. The fraction of sp³-hybridized carbons (Fsp3) is 0.0870. The van der Waals surface area contributed by atoms with Crippen LogP contribution in [0, 0.1) is 19.9 Å². The summed E-state index contributed by atoms with van der Waals surface area (Å²) in [4.78, 5) is 9.06. The third-order valence-corrected chi connectivity index (χ3v) is 4.77. The van der Waals surface area contributed by atoms with E-state index in [9.17, 15) is 0 Å². The van der Waals surface area contributed by atoms with Gasteiger partial charge in [0.05, 0.1) is 17.1 Å². The number of benzene rings is 3. The molecule has 5 aromatic rings. The number of oxazole rings is 1. The quantitative estimate of drug-likeness (QED) is 0.288. The van der Waals surface area contributed by atoms with Gasteiger partial charge in [0.15, 0.2) is 5.89 Å². The van der Waals surface area contributed by atoms with Crippen molar-refractivity contribution in [2.24, 2.45) is 0 Å². The van der Waals surface area contributed by atoms with Crippen molar-refractivity contribution in [3.8, 4) is 28.2 Å². The van der Waals surface area contributed by atoms with Crippen LogP contribution in [-0.2, 0) is 20.1 Å². The van der Waals surface area contributed by atoms with Gasteiger partial charge in [-0.1, -0.05) is 60.2 Å². The maximum atomic E-state index is 5.68. The molecule has 6 heteroatoms. The van der Waals surface area contributed by atoms with E-state index in [2.05, 4.69) is 58.4 Å². The zero-order valence-corrected chi connectivity index (χ0v) is 18.3. The van der Waals surface area contributed by atoms with Gasteiger partial charge in [-0.3, -0.25) is 14.6 Å². The van der Waals surface area contributed by atoms with Crippen molar-refractivity contribution in [2.45, 2.75) is 13.8 Å². The first kappa shape index (κ1) is 19.2. The van der Waals surface area contributed by atoms with Gasteiger partial charge in [0.2, 0.25) is 0 Å². The molecule has 2 heterocycles. The number of para-hydroxylation sites is 1. The third kappa shape index (κ3) is 3.31. The summed E-state index contributed by atoms with van der Waals surface area (Å²) in [5.41, 5.74) is 6.55. The minimum atomic E-state index is 0. The van der Waals surface area contributed by atoms with E-state index in [0.717, 1.165) is 33.5 Å². The molecular weight excluding hydrogens is 540 g/mol. The average Bonchev–Trinajstić information content (AvgIpc) is 3.34. The smallest absolute Gasteiger partial charge is 0.180 e. The van der Waals surface area contributed by atoms with E-state index < -0.39 is 0 Å². The Morgan fingerprint density at radius 1 is 0.966 bits per heavy atom. The van der Waals surface area contributed by atoms with E-state index in [0.29, 0.717) is 17.3 Å². The van der Waals surface area contributed by atoms with Gasteiger partial charge >= 0.3 is 0 Å². The average molecular weight is 558 g/mol. The number of hydrogen-bond acceptors (Lipinski definition) is 4. The molecule has 0 aliphatic rings. The van der Waals surface area contributed by atoms with Crippen LogP contribution in [0.2, 0.25) is 0 Å². The Morgan fingerprint density at radius 2 is 1.79 bits per heavy atom. The van der Waals surface area contributed by atoms with Gasteiger partial charge in [-0.05, 0) is 18.1 Å². The second kappa shape index (κ2) is 7.74. The topological polar surface area (TPSA) is 56.7 Å². The van der Waals surface area contributed by atoms with Gasteiger partial charge in [-0.2, -0.15) is 5.10 Å². The molecule has 5 nitrogen and oxygen atoms in total. The third-order valence-electron chi connectivity index (χ3n) is 4.77. The molecule has 3 aromatic carbocycles. The summed E-state index contributed by atoms with van der Waals surface area (Å²) in [6.07, 6.45) is 1.57. The van der Waals surface area contributed by atoms with Crippen LogP contribution in [0.15, 0.2) is 71.4 Å². The van der Waals surface area contributed by atoms with Gasteiger partial charge in [0.25, 0.3) is 0 Å². The number of nitrogens with zero attached hydrogens (tertiary/aromatic N) is 4.